The van der Waals surface area contributed by atoms with Gasteiger partial charge in [-0.2, -0.15) is 0 Å². The van der Waals surface area contributed by atoms with E-state index in [-0.39, 0.29) is 11.4 Å². The van der Waals surface area contributed by atoms with E-state index in [0.717, 1.165) is 0 Å². The smallest absolute Gasteiger partial charge is 0.311 e. The molecule has 2 rings (SSSR count). The number of esters is 1. The standard InChI is InChI=1S/C17H15NO6/c1-11(23-12(2)20)14-6-7-16(18(21)22)17(9-14)24-15-5-3-4-13(8-15)10-19/h3-11H,1-2H3. The minimum Gasteiger partial charge on any atom is -0.458 e. The van der Waals surface area contributed by atoms with E-state index < -0.39 is 17.0 Å². The molecule has 0 saturated heterocycles. The van der Waals surface area contributed by atoms with E-state index in [1.807, 2.05) is 0 Å². The molecule has 0 radical (unpaired) electrons. The second kappa shape index (κ2) is 7.36. The van der Waals surface area contributed by atoms with Crippen molar-refractivity contribution >= 4 is 17.9 Å². The van der Waals surface area contributed by atoms with Gasteiger partial charge in [0.25, 0.3) is 0 Å². The van der Waals surface area contributed by atoms with E-state index in [4.69, 9.17) is 9.47 Å². The Bertz CT molecular complexity index is 786. The van der Waals surface area contributed by atoms with Crippen molar-refractivity contribution in [3.8, 4) is 11.5 Å². The highest BCUT2D eigenvalue weighted by Crippen LogP contribution is 2.34. The maximum absolute atomic E-state index is 11.2. The van der Waals surface area contributed by atoms with E-state index in [9.17, 15) is 19.7 Å². The van der Waals surface area contributed by atoms with Crippen molar-refractivity contribution < 1.29 is 24.0 Å². The second-order valence-corrected chi connectivity index (χ2v) is 5.03. The molecule has 124 valence electrons. The Balaban J connectivity index is 2.39. The molecule has 0 heterocycles. The molecule has 0 saturated carbocycles. The number of hydrogen-bond acceptors (Lipinski definition) is 6. The molecule has 7 heteroatoms. The molecule has 1 atom stereocenters. The van der Waals surface area contributed by atoms with E-state index >= 15 is 0 Å². The average Bonchev–Trinajstić information content (AvgIpc) is 2.54. The summed E-state index contributed by atoms with van der Waals surface area (Å²) in [6.45, 7) is 2.93. The fraction of sp³-hybridized carbons (Fsp3) is 0.176. The van der Waals surface area contributed by atoms with Gasteiger partial charge in [0.05, 0.1) is 4.92 Å². The molecule has 2 aromatic carbocycles. The number of nitrogens with zero attached hydrogens (tertiary/aromatic N) is 1. The molecule has 0 aliphatic rings. The summed E-state index contributed by atoms with van der Waals surface area (Å²) in [5.41, 5.74) is 0.710. The molecule has 2 aromatic rings. The zero-order valence-corrected chi connectivity index (χ0v) is 13.1. The van der Waals surface area contributed by atoms with Crippen LogP contribution in [0.2, 0.25) is 0 Å². The number of nitro benzene ring substituents is 1. The van der Waals surface area contributed by atoms with Crippen molar-refractivity contribution in [1.82, 2.24) is 0 Å². The third-order valence-electron chi connectivity index (χ3n) is 3.21. The van der Waals surface area contributed by atoms with Gasteiger partial charge in [0.15, 0.2) is 0 Å². The van der Waals surface area contributed by atoms with E-state index in [1.165, 1.54) is 31.2 Å². The Morgan fingerprint density at radius 2 is 2.00 bits per heavy atom. The van der Waals surface area contributed by atoms with E-state index in [0.29, 0.717) is 23.2 Å². The van der Waals surface area contributed by atoms with Crippen LogP contribution in [0, 0.1) is 10.1 Å². The largest absolute Gasteiger partial charge is 0.458 e. The number of aldehydes is 1. The van der Waals surface area contributed by atoms with Gasteiger partial charge in [0.2, 0.25) is 5.75 Å². The van der Waals surface area contributed by atoms with Crippen LogP contribution >= 0.6 is 0 Å². The zero-order valence-electron chi connectivity index (χ0n) is 13.1. The number of hydrogen-bond donors (Lipinski definition) is 0. The average molecular weight is 329 g/mol. The van der Waals surface area contributed by atoms with Crippen LogP contribution in [0.4, 0.5) is 5.69 Å². The molecule has 1 unspecified atom stereocenters. The minimum atomic E-state index is -0.577. The first-order valence-electron chi connectivity index (χ1n) is 7.09. The Kier molecular flexibility index (Phi) is 5.26. The maximum atomic E-state index is 11.2. The van der Waals surface area contributed by atoms with Crippen LogP contribution in [0.5, 0.6) is 11.5 Å². The summed E-state index contributed by atoms with van der Waals surface area (Å²) < 4.78 is 10.6. The summed E-state index contributed by atoms with van der Waals surface area (Å²) in [7, 11) is 0. The Hall–Kier alpha value is -3.22. The van der Waals surface area contributed by atoms with Crippen LogP contribution in [0.25, 0.3) is 0 Å². The summed E-state index contributed by atoms with van der Waals surface area (Å²) in [4.78, 5) is 32.5. The molecule has 0 amide bonds. The molecule has 24 heavy (non-hydrogen) atoms. The molecular formula is C17H15NO6. The molecule has 0 aliphatic carbocycles. The number of carbonyl (C=O) groups excluding carboxylic acids is 2. The van der Waals surface area contributed by atoms with Gasteiger partial charge in [-0.3, -0.25) is 19.7 Å². The SMILES string of the molecule is CC(=O)OC(C)c1ccc([N+](=O)[O-])c(Oc2cccc(C=O)c2)c1. The van der Waals surface area contributed by atoms with Crippen LogP contribution in [0.15, 0.2) is 42.5 Å². The van der Waals surface area contributed by atoms with Crippen LogP contribution in [0.3, 0.4) is 0 Å². The molecule has 0 fully saturated rings. The first kappa shape index (κ1) is 17.1. The number of carbonyl (C=O) groups is 2. The van der Waals surface area contributed by atoms with Crippen LogP contribution in [0.1, 0.15) is 35.9 Å². The summed E-state index contributed by atoms with van der Waals surface area (Å²) >= 11 is 0. The van der Waals surface area contributed by atoms with Crippen molar-refractivity contribution in [3.63, 3.8) is 0 Å². The van der Waals surface area contributed by atoms with Gasteiger partial charge in [-0.05, 0) is 36.8 Å². The third-order valence-corrected chi connectivity index (χ3v) is 3.21. The topological polar surface area (TPSA) is 95.7 Å². The van der Waals surface area contributed by atoms with Gasteiger partial charge in [0.1, 0.15) is 18.1 Å². The number of nitro groups is 1. The summed E-state index contributed by atoms with van der Waals surface area (Å²) in [6.07, 6.45) is 0.0764. The van der Waals surface area contributed by atoms with Gasteiger partial charge < -0.3 is 9.47 Å². The number of rotatable bonds is 6. The van der Waals surface area contributed by atoms with Gasteiger partial charge in [-0.25, -0.2) is 0 Å². The van der Waals surface area contributed by atoms with Crippen molar-refractivity contribution in [2.45, 2.75) is 20.0 Å². The zero-order chi connectivity index (χ0) is 17.7. The van der Waals surface area contributed by atoms with Crippen molar-refractivity contribution in [2.24, 2.45) is 0 Å². The monoisotopic (exact) mass is 329 g/mol. The van der Waals surface area contributed by atoms with Crippen molar-refractivity contribution in [2.75, 3.05) is 0 Å². The van der Waals surface area contributed by atoms with Crippen LogP contribution < -0.4 is 4.74 Å². The second-order valence-electron chi connectivity index (χ2n) is 5.03. The summed E-state index contributed by atoms with van der Waals surface area (Å²) in [5.74, 6) is -0.165. The van der Waals surface area contributed by atoms with Gasteiger partial charge in [0, 0.05) is 18.6 Å². The minimum absolute atomic E-state index is 0.000416. The fourth-order valence-corrected chi connectivity index (χ4v) is 2.11. The van der Waals surface area contributed by atoms with Crippen molar-refractivity contribution in [1.29, 1.82) is 0 Å². The number of benzene rings is 2. The number of ether oxygens (including phenoxy) is 2. The summed E-state index contributed by atoms with van der Waals surface area (Å²) in [5, 5.41) is 11.2. The Labute approximate surface area is 138 Å². The van der Waals surface area contributed by atoms with Crippen LogP contribution in [-0.2, 0) is 9.53 Å². The van der Waals surface area contributed by atoms with Crippen molar-refractivity contribution in [3.05, 3.63) is 63.7 Å². The summed E-state index contributed by atoms with van der Waals surface area (Å²) in [6, 6.07) is 10.5. The third kappa shape index (κ3) is 4.16. The van der Waals surface area contributed by atoms with E-state index in [1.54, 1.807) is 25.1 Å². The van der Waals surface area contributed by atoms with Gasteiger partial charge in [-0.1, -0.05) is 12.1 Å². The molecule has 0 bridgehead atoms. The maximum Gasteiger partial charge on any atom is 0.311 e. The van der Waals surface area contributed by atoms with Gasteiger partial charge in [-0.15, -0.1) is 0 Å². The molecule has 0 spiro atoms. The Morgan fingerprint density at radius 3 is 2.62 bits per heavy atom. The highest BCUT2D eigenvalue weighted by Gasteiger charge is 2.19. The molecule has 0 N–H and O–H groups in total. The van der Waals surface area contributed by atoms with Gasteiger partial charge >= 0.3 is 11.7 Å². The lowest BCUT2D eigenvalue weighted by Gasteiger charge is -2.14. The molecule has 0 aromatic heterocycles. The highest BCUT2D eigenvalue weighted by atomic mass is 16.6. The predicted octanol–water partition coefficient (Wildman–Crippen LogP) is 3.82. The lowest BCUT2D eigenvalue weighted by molar-refractivity contribution is -0.385. The first-order chi connectivity index (χ1) is 11.4. The lowest BCUT2D eigenvalue weighted by Crippen LogP contribution is -2.05. The quantitative estimate of drug-likeness (QED) is 0.346. The normalized spacial score (nSPS) is 11.4. The van der Waals surface area contributed by atoms with E-state index in [2.05, 4.69) is 0 Å². The first-order valence-corrected chi connectivity index (χ1v) is 7.09. The molecular weight excluding hydrogens is 314 g/mol. The predicted molar refractivity (Wildman–Crippen MR) is 85.2 cm³/mol. The fourth-order valence-electron chi connectivity index (χ4n) is 2.11. The molecule has 0 aliphatic heterocycles. The van der Waals surface area contributed by atoms with Crippen LogP contribution in [-0.4, -0.2) is 17.2 Å². The lowest BCUT2D eigenvalue weighted by atomic mass is 10.1. The Morgan fingerprint density at radius 1 is 1.25 bits per heavy atom. The highest BCUT2D eigenvalue weighted by molar-refractivity contribution is 5.75. The molecule has 7 nitrogen and oxygen atoms in total.